The van der Waals surface area contributed by atoms with E-state index in [0.29, 0.717) is 26.0 Å². The zero-order chi connectivity index (χ0) is 15.0. The molecule has 1 aromatic rings. The molecule has 0 radical (unpaired) electrons. The third-order valence-corrected chi connectivity index (χ3v) is 3.39. The van der Waals surface area contributed by atoms with E-state index in [1.807, 2.05) is 24.3 Å². The molecule has 0 saturated heterocycles. The average Bonchev–Trinajstić information content (AvgIpc) is 2.42. The minimum Gasteiger partial charge on any atom is -0.466 e. The van der Waals surface area contributed by atoms with Gasteiger partial charge in [-0.15, -0.1) is 0 Å². The summed E-state index contributed by atoms with van der Waals surface area (Å²) in [4.78, 5) is 24.7. The number of benzene rings is 1. The van der Waals surface area contributed by atoms with E-state index < -0.39 is 0 Å². The highest BCUT2D eigenvalue weighted by molar-refractivity contribution is 9.10. The van der Waals surface area contributed by atoms with E-state index in [1.165, 1.54) is 0 Å². The lowest BCUT2D eigenvalue weighted by Crippen LogP contribution is -2.29. The summed E-state index contributed by atoms with van der Waals surface area (Å²) < 4.78 is 5.84. The molecule has 0 aliphatic rings. The molecule has 1 amide bonds. The molecule has 0 spiro atoms. The number of halogens is 1. The summed E-state index contributed by atoms with van der Waals surface area (Å²) in [6.45, 7) is 2.54. The van der Waals surface area contributed by atoms with Crippen LogP contribution in [0.3, 0.4) is 0 Å². The SMILES string of the molecule is CCOC(=O)CCN(C)C(=O)CCc1cccc(Br)c1. The van der Waals surface area contributed by atoms with Crippen LogP contribution in [0.2, 0.25) is 0 Å². The lowest BCUT2D eigenvalue weighted by atomic mass is 10.1. The van der Waals surface area contributed by atoms with Crippen LogP contribution in [-0.4, -0.2) is 37.0 Å². The van der Waals surface area contributed by atoms with Gasteiger partial charge >= 0.3 is 5.97 Å². The number of aryl methyl sites for hydroxylation is 1. The van der Waals surface area contributed by atoms with Crippen LogP contribution in [0.25, 0.3) is 0 Å². The quantitative estimate of drug-likeness (QED) is 0.716. The summed E-state index contributed by atoms with van der Waals surface area (Å²) in [7, 11) is 1.71. The van der Waals surface area contributed by atoms with Crippen molar-refractivity contribution in [3.63, 3.8) is 0 Å². The number of hydrogen-bond donors (Lipinski definition) is 0. The fraction of sp³-hybridized carbons (Fsp3) is 0.467. The molecule has 1 aromatic carbocycles. The molecule has 4 nitrogen and oxygen atoms in total. The largest absolute Gasteiger partial charge is 0.466 e. The van der Waals surface area contributed by atoms with Gasteiger partial charge in [0.2, 0.25) is 5.91 Å². The molecule has 0 N–H and O–H groups in total. The van der Waals surface area contributed by atoms with Gasteiger partial charge in [-0.2, -0.15) is 0 Å². The fourth-order valence-corrected chi connectivity index (χ4v) is 2.20. The predicted molar refractivity (Wildman–Crippen MR) is 81.4 cm³/mol. The Balaban J connectivity index is 2.33. The Morgan fingerprint density at radius 1 is 1.30 bits per heavy atom. The number of carbonyl (C=O) groups is 2. The third-order valence-electron chi connectivity index (χ3n) is 2.90. The van der Waals surface area contributed by atoms with E-state index in [1.54, 1.807) is 18.9 Å². The number of ether oxygens (including phenoxy) is 1. The second-order valence-electron chi connectivity index (χ2n) is 4.50. The average molecular weight is 342 g/mol. The Morgan fingerprint density at radius 3 is 2.70 bits per heavy atom. The minimum atomic E-state index is -0.265. The molecule has 0 heterocycles. The van der Waals surface area contributed by atoms with E-state index in [4.69, 9.17) is 4.74 Å². The molecule has 0 aliphatic heterocycles. The summed E-state index contributed by atoms with van der Waals surface area (Å²) in [5, 5.41) is 0. The van der Waals surface area contributed by atoms with Gasteiger partial charge in [0.25, 0.3) is 0 Å². The van der Waals surface area contributed by atoms with Gasteiger partial charge in [0, 0.05) is 24.5 Å². The normalized spacial score (nSPS) is 10.2. The second kappa shape index (κ2) is 8.74. The Kier molecular flexibility index (Phi) is 7.30. The third kappa shape index (κ3) is 6.19. The lowest BCUT2D eigenvalue weighted by molar-refractivity contribution is -0.143. The summed E-state index contributed by atoms with van der Waals surface area (Å²) in [5.41, 5.74) is 1.12. The monoisotopic (exact) mass is 341 g/mol. The standard InChI is InChI=1S/C15H20BrNO3/c1-3-20-15(19)9-10-17(2)14(18)8-7-12-5-4-6-13(16)11-12/h4-6,11H,3,7-10H2,1-2H3. The van der Waals surface area contributed by atoms with Crippen LogP contribution in [0.4, 0.5) is 0 Å². The maximum atomic E-state index is 11.9. The first-order valence-electron chi connectivity index (χ1n) is 6.67. The first kappa shape index (κ1) is 16.7. The number of amides is 1. The molecule has 0 unspecified atom stereocenters. The first-order valence-corrected chi connectivity index (χ1v) is 7.46. The minimum absolute atomic E-state index is 0.0364. The van der Waals surface area contributed by atoms with Crippen LogP contribution in [0.15, 0.2) is 28.7 Å². The van der Waals surface area contributed by atoms with Crippen molar-refractivity contribution in [1.82, 2.24) is 4.90 Å². The van der Waals surface area contributed by atoms with Crippen LogP contribution < -0.4 is 0 Å². The number of rotatable bonds is 7. The van der Waals surface area contributed by atoms with Crippen molar-refractivity contribution in [2.24, 2.45) is 0 Å². The number of carbonyl (C=O) groups excluding carboxylic acids is 2. The van der Waals surface area contributed by atoms with Gasteiger partial charge in [0.05, 0.1) is 13.0 Å². The van der Waals surface area contributed by atoms with Crippen molar-refractivity contribution in [3.8, 4) is 0 Å². The van der Waals surface area contributed by atoms with Crippen molar-refractivity contribution in [3.05, 3.63) is 34.3 Å². The molecule has 0 bridgehead atoms. The molecular weight excluding hydrogens is 322 g/mol. The summed E-state index contributed by atoms with van der Waals surface area (Å²) >= 11 is 3.41. The van der Waals surface area contributed by atoms with Gasteiger partial charge in [-0.1, -0.05) is 28.1 Å². The smallest absolute Gasteiger partial charge is 0.307 e. The Labute approximate surface area is 128 Å². The van der Waals surface area contributed by atoms with Crippen LogP contribution in [-0.2, 0) is 20.7 Å². The van der Waals surface area contributed by atoms with Gasteiger partial charge in [0.15, 0.2) is 0 Å². The van der Waals surface area contributed by atoms with Crippen molar-refractivity contribution < 1.29 is 14.3 Å². The van der Waals surface area contributed by atoms with Crippen molar-refractivity contribution in [1.29, 1.82) is 0 Å². The maximum absolute atomic E-state index is 11.9. The van der Waals surface area contributed by atoms with Crippen LogP contribution in [0.1, 0.15) is 25.3 Å². The number of esters is 1. The van der Waals surface area contributed by atoms with Gasteiger partial charge in [-0.3, -0.25) is 9.59 Å². The molecule has 0 atom stereocenters. The molecule has 0 fully saturated rings. The van der Waals surface area contributed by atoms with Crippen LogP contribution in [0.5, 0.6) is 0 Å². The summed E-state index contributed by atoms with van der Waals surface area (Å²) in [5.74, 6) is -0.228. The van der Waals surface area contributed by atoms with Crippen LogP contribution >= 0.6 is 15.9 Å². The molecule has 20 heavy (non-hydrogen) atoms. The first-order chi connectivity index (χ1) is 9.52. The molecule has 0 aromatic heterocycles. The summed E-state index contributed by atoms with van der Waals surface area (Å²) in [6, 6.07) is 7.91. The Hall–Kier alpha value is -1.36. The number of nitrogens with zero attached hydrogens (tertiary/aromatic N) is 1. The van der Waals surface area contributed by atoms with Crippen molar-refractivity contribution in [2.75, 3.05) is 20.2 Å². The van der Waals surface area contributed by atoms with Gasteiger partial charge < -0.3 is 9.64 Å². The molecule has 1 rings (SSSR count). The highest BCUT2D eigenvalue weighted by Crippen LogP contribution is 2.13. The van der Waals surface area contributed by atoms with E-state index in [9.17, 15) is 9.59 Å². The second-order valence-corrected chi connectivity index (χ2v) is 5.42. The predicted octanol–water partition coefficient (Wildman–Crippen LogP) is 2.79. The topological polar surface area (TPSA) is 46.6 Å². The van der Waals surface area contributed by atoms with E-state index in [-0.39, 0.29) is 18.3 Å². The van der Waals surface area contributed by atoms with Crippen molar-refractivity contribution >= 4 is 27.8 Å². The lowest BCUT2D eigenvalue weighted by Gasteiger charge is -2.16. The van der Waals surface area contributed by atoms with Crippen molar-refractivity contribution in [2.45, 2.75) is 26.2 Å². The van der Waals surface area contributed by atoms with Crippen LogP contribution in [0, 0.1) is 0 Å². The molecule has 0 saturated carbocycles. The zero-order valence-corrected chi connectivity index (χ0v) is 13.5. The molecular formula is C15H20BrNO3. The highest BCUT2D eigenvalue weighted by Gasteiger charge is 2.11. The van der Waals surface area contributed by atoms with Gasteiger partial charge in [-0.05, 0) is 31.0 Å². The number of hydrogen-bond acceptors (Lipinski definition) is 3. The highest BCUT2D eigenvalue weighted by atomic mass is 79.9. The molecule has 0 aliphatic carbocycles. The van der Waals surface area contributed by atoms with Gasteiger partial charge in [-0.25, -0.2) is 0 Å². The van der Waals surface area contributed by atoms with E-state index >= 15 is 0 Å². The Bertz CT molecular complexity index is 462. The molecule has 110 valence electrons. The Morgan fingerprint density at radius 2 is 2.05 bits per heavy atom. The van der Waals surface area contributed by atoms with E-state index in [0.717, 1.165) is 10.0 Å². The zero-order valence-electron chi connectivity index (χ0n) is 11.9. The maximum Gasteiger partial charge on any atom is 0.307 e. The molecule has 5 heteroatoms. The van der Waals surface area contributed by atoms with E-state index in [2.05, 4.69) is 15.9 Å². The summed E-state index contributed by atoms with van der Waals surface area (Å²) in [6.07, 6.45) is 1.38. The van der Waals surface area contributed by atoms with Gasteiger partial charge in [0.1, 0.15) is 0 Å². The fourth-order valence-electron chi connectivity index (χ4n) is 1.75.